The summed E-state index contributed by atoms with van der Waals surface area (Å²) in [6, 6.07) is 5.69. The molecule has 0 heterocycles. The van der Waals surface area contributed by atoms with Crippen LogP contribution in [-0.2, 0) is 6.42 Å². The number of carbonyl (C=O) groups excluding carboxylic acids is 1. The molecular weight excluding hydrogens is 280 g/mol. The Hall–Kier alpha value is -1.91. The van der Waals surface area contributed by atoms with Crippen molar-refractivity contribution in [3.05, 3.63) is 23.8 Å². The van der Waals surface area contributed by atoms with E-state index in [4.69, 9.17) is 9.47 Å². The maximum Gasteiger partial charge on any atom is 0.314 e. The van der Waals surface area contributed by atoms with Gasteiger partial charge in [-0.3, -0.25) is 0 Å². The fourth-order valence-corrected chi connectivity index (χ4v) is 2.17. The number of carbonyl (C=O) groups is 1. The molecule has 0 radical (unpaired) electrons. The molecular formula is C17H28N2O3. The minimum Gasteiger partial charge on any atom is -0.493 e. The minimum atomic E-state index is -0.100. The Morgan fingerprint density at radius 3 is 2.41 bits per heavy atom. The molecule has 5 nitrogen and oxygen atoms in total. The Balaban J connectivity index is 2.24. The summed E-state index contributed by atoms with van der Waals surface area (Å²) in [7, 11) is 3.23. The Labute approximate surface area is 133 Å². The van der Waals surface area contributed by atoms with E-state index in [1.807, 2.05) is 18.2 Å². The summed E-state index contributed by atoms with van der Waals surface area (Å²) >= 11 is 0. The summed E-state index contributed by atoms with van der Waals surface area (Å²) in [6.45, 7) is 3.51. The van der Waals surface area contributed by atoms with Crippen LogP contribution in [0.25, 0.3) is 0 Å². The Kier molecular flexibility index (Phi) is 8.88. The minimum absolute atomic E-state index is 0.100. The van der Waals surface area contributed by atoms with E-state index in [2.05, 4.69) is 17.6 Å². The van der Waals surface area contributed by atoms with Crippen molar-refractivity contribution in [2.45, 2.75) is 39.0 Å². The molecule has 0 aliphatic rings. The van der Waals surface area contributed by atoms with Gasteiger partial charge in [0.2, 0.25) is 0 Å². The van der Waals surface area contributed by atoms with Gasteiger partial charge < -0.3 is 20.1 Å². The normalized spacial score (nSPS) is 10.1. The van der Waals surface area contributed by atoms with Gasteiger partial charge in [-0.05, 0) is 30.5 Å². The number of rotatable bonds is 10. The molecule has 2 amide bonds. The number of hydrogen-bond donors (Lipinski definition) is 2. The van der Waals surface area contributed by atoms with Gasteiger partial charge in [0.05, 0.1) is 14.2 Å². The van der Waals surface area contributed by atoms with Crippen LogP contribution in [0.15, 0.2) is 18.2 Å². The third-order valence-corrected chi connectivity index (χ3v) is 3.46. The van der Waals surface area contributed by atoms with Crippen LogP contribution in [0.5, 0.6) is 11.5 Å². The number of methoxy groups -OCH3 is 2. The predicted molar refractivity (Wildman–Crippen MR) is 88.8 cm³/mol. The van der Waals surface area contributed by atoms with Crippen LogP contribution in [0.4, 0.5) is 4.79 Å². The molecule has 0 aromatic heterocycles. The lowest BCUT2D eigenvalue weighted by atomic mass is 10.1. The lowest BCUT2D eigenvalue weighted by Crippen LogP contribution is -2.37. The molecule has 0 fully saturated rings. The Bertz CT molecular complexity index is 450. The zero-order chi connectivity index (χ0) is 16.2. The van der Waals surface area contributed by atoms with Crippen molar-refractivity contribution in [1.29, 1.82) is 0 Å². The average molecular weight is 308 g/mol. The number of hydrogen-bond acceptors (Lipinski definition) is 3. The smallest absolute Gasteiger partial charge is 0.314 e. The number of nitrogens with one attached hydrogen (secondary N) is 2. The third kappa shape index (κ3) is 6.70. The van der Waals surface area contributed by atoms with E-state index >= 15 is 0 Å². The maximum atomic E-state index is 11.6. The van der Waals surface area contributed by atoms with Crippen molar-refractivity contribution < 1.29 is 14.3 Å². The molecule has 5 heteroatoms. The van der Waals surface area contributed by atoms with Gasteiger partial charge in [-0.15, -0.1) is 0 Å². The molecule has 1 aromatic rings. The quantitative estimate of drug-likeness (QED) is 0.653. The zero-order valence-electron chi connectivity index (χ0n) is 13.9. The highest BCUT2D eigenvalue weighted by Crippen LogP contribution is 2.27. The SMILES string of the molecule is CCCCCCNC(=O)NCCc1ccc(OC)c(OC)c1. The predicted octanol–water partition coefficient (Wildman–Crippen LogP) is 3.13. The van der Waals surface area contributed by atoms with Gasteiger partial charge in [0, 0.05) is 13.1 Å². The lowest BCUT2D eigenvalue weighted by molar-refractivity contribution is 0.241. The maximum absolute atomic E-state index is 11.6. The second kappa shape index (κ2) is 10.8. The molecule has 0 unspecified atom stereocenters. The van der Waals surface area contributed by atoms with Gasteiger partial charge in [0.15, 0.2) is 11.5 Å². The number of urea groups is 1. The first-order valence-corrected chi connectivity index (χ1v) is 7.93. The van der Waals surface area contributed by atoms with Crippen molar-refractivity contribution in [1.82, 2.24) is 10.6 Å². The van der Waals surface area contributed by atoms with Crippen molar-refractivity contribution in [3.63, 3.8) is 0 Å². The van der Waals surface area contributed by atoms with E-state index in [1.165, 1.54) is 19.3 Å². The second-order valence-corrected chi connectivity index (χ2v) is 5.18. The summed E-state index contributed by atoms with van der Waals surface area (Å²) in [5.74, 6) is 1.42. The summed E-state index contributed by atoms with van der Waals surface area (Å²) in [5, 5.41) is 5.74. The van der Waals surface area contributed by atoms with Crippen molar-refractivity contribution in [3.8, 4) is 11.5 Å². The first-order chi connectivity index (χ1) is 10.7. The lowest BCUT2D eigenvalue weighted by Gasteiger charge is -2.10. The second-order valence-electron chi connectivity index (χ2n) is 5.18. The van der Waals surface area contributed by atoms with Gasteiger partial charge in [0.1, 0.15) is 0 Å². The fraction of sp³-hybridized carbons (Fsp3) is 0.588. The van der Waals surface area contributed by atoms with Crippen LogP contribution in [0.3, 0.4) is 0 Å². The highest BCUT2D eigenvalue weighted by molar-refractivity contribution is 5.73. The van der Waals surface area contributed by atoms with Gasteiger partial charge in [-0.2, -0.15) is 0 Å². The van der Waals surface area contributed by atoms with Crippen LogP contribution in [0.1, 0.15) is 38.2 Å². The van der Waals surface area contributed by atoms with Crippen LogP contribution >= 0.6 is 0 Å². The van der Waals surface area contributed by atoms with Gasteiger partial charge in [-0.25, -0.2) is 4.79 Å². The van der Waals surface area contributed by atoms with Crippen LogP contribution in [-0.4, -0.2) is 33.3 Å². The van der Waals surface area contributed by atoms with E-state index in [9.17, 15) is 4.79 Å². The molecule has 124 valence electrons. The molecule has 0 saturated carbocycles. The Morgan fingerprint density at radius 2 is 1.73 bits per heavy atom. The molecule has 2 N–H and O–H groups in total. The number of unbranched alkanes of at least 4 members (excludes halogenated alkanes) is 3. The molecule has 1 rings (SSSR count). The summed E-state index contributed by atoms with van der Waals surface area (Å²) < 4.78 is 10.5. The first kappa shape index (κ1) is 18.1. The monoisotopic (exact) mass is 308 g/mol. The largest absolute Gasteiger partial charge is 0.493 e. The molecule has 0 saturated heterocycles. The fourth-order valence-electron chi connectivity index (χ4n) is 2.17. The van der Waals surface area contributed by atoms with Crippen molar-refractivity contribution in [2.24, 2.45) is 0 Å². The standard InChI is InChI=1S/C17H28N2O3/c1-4-5-6-7-11-18-17(20)19-12-10-14-8-9-15(21-2)16(13-14)22-3/h8-9,13H,4-7,10-12H2,1-3H3,(H2,18,19,20). The Morgan fingerprint density at radius 1 is 1.00 bits per heavy atom. The van der Waals surface area contributed by atoms with E-state index in [1.54, 1.807) is 14.2 Å². The molecule has 0 aliphatic carbocycles. The van der Waals surface area contributed by atoms with Crippen molar-refractivity contribution >= 4 is 6.03 Å². The highest BCUT2D eigenvalue weighted by atomic mass is 16.5. The molecule has 0 aliphatic heterocycles. The van der Waals surface area contributed by atoms with Gasteiger partial charge in [-0.1, -0.05) is 32.3 Å². The van der Waals surface area contributed by atoms with Crippen molar-refractivity contribution in [2.75, 3.05) is 27.3 Å². The molecule has 22 heavy (non-hydrogen) atoms. The average Bonchev–Trinajstić information content (AvgIpc) is 2.54. The van der Waals surface area contributed by atoms with Gasteiger partial charge in [0.25, 0.3) is 0 Å². The molecule has 0 bridgehead atoms. The molecule has 1 aromatic carbocycles. The number of ether oxygens (including phenoxy) is 2. The highest BCUT2D eigenvalue weighted by Gasteiger charge is 2.05. The molecule has 0 atom stereocenters. The first-order valence-electron chi connectivity index (χ1n) is 7.93. The summed E-state index contributed by atoms with van der Waals surface area (Å²) in [4.78, 5) is 11.6. The topological polar surface area (TPSA) is 59.6 Å². The number of amides is 2. The summed E-state index contributed by atoms with van der Waals surface area (Å²) in [6.07, 6.45) is 5.39. The van der Waals surface area contributed by atoms with E-state index in [0.29, 0.717) is 18.0 Å². The van der Waals surface area contributed by atoms with Crippen LogP contribution in [0, 0.1) is 0 Å². The van der Waals surface area contributed by atoms with Crippen LogP contribution in [0.2, 0.25) is 0 Å². The molecule has 0 spiro atoms. The van der Waals surface area contributed by atoms with E-state index in [-0.39, 0.29) is 6.03 Å². The van der Waals surface area contributed by atoms with E-state index in [0.717, 1.165) is 24.9 Å². The van der Waals surface area contributed by atoms with E-state index < -0.39 is 0 Å². The van der Waals surface area contributed by atoms with Crippen LogP contribution < -0.4 is 20.1 Å². The number of benzene rings is 1. The summed E-state index contributed by atoms with van der Waals surface area (Å²) in [5.41, 5.74) is 1.10. The third-order valence-electron chi connectivity index (χ3n) is 3.46. The zero-order valence-corrected chi connectivity index (χ0v) is 13.9. The van der Waals surface area contributed by atoms with Gasteiger partial charge >= 0.3 is 6.03 Å².